The standard InChI is InChI=1S/C26H35NO4Si/c1-26(2,3)32(4,5)31-24(25(28)29)14-10-7-11-19-30-27-20-21-15-17-23(18-16-21)22-12-8-6-9-13-22/h6,8-9,12-18,20H,7,10-11,19H2,1-5H3,(H,28,29). The third-order valence-electron chi connectivity index (χ3n) is 5.70. The molecule has 0 fully saturated rings. The molecular formula is C26H35NO4Si. The van der Waals surface area contributed by atoms with E-state index in [1.54, 1.807) is 12.3 Å². The minimum atomic E-state index is -2.17. The van der Waals surface area contributed by atoms with Gasteiger partial charge in [-0.25, -0.2) is 4.79 Å². The van der Waals surface area contributed by atoms with Gasteiger partial charge in [0.05, 0.1) is 6.21 Å². The maximum Gasteiger partial charge on any atom is 0.369 e. The zero-order chi connectivity index (χ0) is 23.6. The Hall–Kier alpha value is -2.86. The number of hydrogen-bond acceptors (Lipinski definition) is 4. The lowest BCUT2D eigenvalue weighted by atomic mass is 10.0. The van der Waals surface area contributed by atoms with Crippen molar-refractivity contribution in [2.45, 2.75) is 58.2 Å². The van der Waals surface area contributed by atoms with Crippen LogP contribution in [-0.4, -0.2) is 32.2 Å². The molecule has 0 spiro atoms. The highest BCUT2D eigenvalue weighted by atomic mass is 28.4. The first-order valence-corrected chi connectivity index (χ1v) is 13.9. The zero-order valence-corrected chi connectivity index (χ0v) is 20.8. The quantitative estimate of drug-likeness (QED) is 0.101. The lowest BCUT2D eigenvalue weighted by molar-refractivity contribution is -0.135. The van der Waals surface area contributed by atoms with E-state index in [-0.39, 0.29) is 10.8 Å². The first kappa shape index (κ1) is 25.4. The highest BCUT2D eigenvalue weighted by Crippen LogP contribution is 2.38. The third-order valence-corrected chi connectivity index (χ3v) is 10.0. The Balaban J connectivity index is 1.73. The molecule has 0 amide bonds. The number of benzene rings is 2. The summed E-state index contributed by atoms with van der Waals surface area (Å²) in [5.74, 6) is -0.941. The second-order valence-electron chi connectivity index (χ2n) is 9.29. The van der Waals surface area contributed by atoms with E-state index in [4.69, 9.17) is 9.26 Å². The van der Waals surface area contributed by atoms with Crippen LogP contribution >= 0.6 is 0 Å². The van der Waals surface area contributed by atoms with Gasteiger partial charge in [-0.15, -0.1) is 0 Å². The molecular weight excluding hydrogens is 418 g/mol. The summed E-state index contributed by atoms with van der Waals surface area (Å²) in [6, 6.07) is 18.4. The lowest BCUT2D eigenvalue weighted by Gasteiger charge is -2.36. The number of nitrogens with zero attached hydrogens (tertiary/aromatic N) is 1. The van der Waals surface area contributed by atoms with Gasteiger partial charge in [-0.3, -0.25) is 0 Å². The average Bonchev–Trinajstić information content (AvgIpc) is 2.74. The summed E-state index contributed by atoms with van der Waals surface area (Å²) >= 11 is 0. The molecule has 1 N–H and O–H groups in total. The van der Waals surface area contributed by atoms with Crippen molar-refractivity contribution in [2.24, 2.45) is 5.16 Å². The zero-order valence-electron chi connectivity index (χ0n) is 19.8. The topological polar surface area (TPSA) is 68.1 Å². The number of aliphatic carboxylic acids is 1. The van der Waals surface area contributed by atoms with Crippen molar-refractivity contribution in [3.8, 4) is 11.1 Å². The highest BCUT2D eigenvalue weighted by Gasteiger charge is 2.40. The van der Waals surface area contributed by atoms with Gasteiger partial charge in [0.15, 0.2) is 5.76 Å². The van der Waals surface area contributed by atoms with E-state index in [2.05, 4.69) is 50.2 Å². The molecule has 6 heteroatoms. The van der Waals surface area contributed by atoms with Gasteiger partial charge in [-0.1, -0.05) is 80.5 Å². The van der Waals surface area contributed by atoms with E-state index in [0.717, 1.165) is 24.0 Å². The van der Waals surface area contributed by atoms with E-state index in [0.29, 0.717) is 13.0 Å². The Bertz CT molecular complexity index is 913. The van der Waals surface area contributed by atoms with Crippen LogP contribution in [0.4, 0.5) is 0 Å². The molecule has 0 saturated carbocycles. The van der Waals surface area contributed by atoms with Crippen LogP contribution < -0.4 is 0 Å². The molecule has 0 aliphatic carbocycles. The fourth-order valence-corrected chi connectivity index (χ4v) is 3.71. The molecule has 2 aromatic rings. The molecule has 0 aliphatic heterocycles. The highest BCUT2D eigenvalue weighted by molar-refractivity contribution is 6.74. The molecule has 5 nitrogen and oxygen atoms in total. The third kappa shape index (κ3) is 8.00. The largest absolute Gasteiger partial charge is 0.539 e. The molecule has 0 bridgehead atoms. The van der Waals surface area contributed by atoms with E-state index in [1.165, 1.54) is 5.56 Å². The lowest BCUT2D eigenvalue weighted by Crippen LogP contribution is -2.41. The van der Waals surface area contributed by atoms with Crippen molar-refractivity contribution in [3.05, 3.63) is 72.0 Å². The molecule has 0 unspecified atom stereocenters. The van der Waals surface area contributed by atoms with Crippen molar-refractivity contribution < 1.29 is 19.2 Å². The molecule has 2 rings (SSSR count). The van der Waals surface area contributed by atoms with Crippen LogP contribution in [0.2, 0.25) is 18.1 Å². The number of carbonyl (C=O) groups is 1. The molecule has 0 atom stereocenters. The molecule has 0 saturated heterocycles. The summed E-state index contributed by atoms with van der Waals surface area (Å²) in [5, 5.41) is 13.4. The van der Waals surface area contributed by atoms with Crippen LogP contribution in [0, 0.1) is 0 Å². The summed E-state index contributed by atoms with van der Waals surface area (Å²) in [5.41, 5.74) is 3.32. The Morgan fingerprint density at radius 2 is 1.62 bits per heavy atom. The number of oxime groups is 1. The summed E-state index contributed by atoms with van der Waals surface area (Å²) in [6.45, 7) is 10.9. The van der Waals surface area contributed by atoms with Gasteiger partial charge < -0.3 is 14.4 Å². The number of rotatable bonds is 11. The first-order chi connectivity index (χ1) is 15.1. The maximum atomic E-state index is 11.5. The number of carboxylic acids is 1. The summed E-state index contributed by atoms with van der Waals surface area (Å²) in [4.78, 5) is 16.9. The second-order valence-corrected chi connectivity index (χ2v) is 14.0. The number of unbranched alkanes of at least 4 members (excludes halogenated alkanes) is 2. The van der Waals surface area contributed by atoms with Gasteiger partial charge in [0.2, 0.25) is 0 Å². The summed E-state index contributed by atoms with van der Waals surface area (Å²) in [7, 11) is -2.17. The number of hydrogen-bond donors (Lipinski definition) is 1. The van der Waals surface area contributed by atoms with Crippen molar-refractivity contribution in [1.82, 2.24) is 0 Å². The Morgan fingerprint density at radius 1 is 1.00 bits per heavy atom. The van der Waals surface area contributed by atoms with Crippen LogP contribution in [0.3, 0.4) is 0 Å². The summed E-state index contributed by atoms with van der Waals surface area (Å²) < 4.78 is 5.94. The predicted molar refractivity (Wildman–Crippen MR) is 133 cm³/mol. The fraction of sp³-hybridized carbons (Fsp3) is 0.385. The summed E-state index contributed by atoms with van der Waals surface area (Å²) in [6.07, 6.45) is 5.60. The van der Waals surface area contributed by atoms with Crippen molar-refractivity contribution in [2.75, 3.05) is 6.61 Å². The van der Waals surface area contributed by atoms with Crippen LogP contribution in [0.25, 0.3) is 11.1 Å². The minimum Gasteiger partial charge on any atom is -0.539 e. The smallest absolute Gasteiger partial charge is 0.369 e. The number of carboxylic acid groups (broad SMARTS) is 1. The van der Waals surface area contributed by atoms with Crippen LogP contribution in [-0.2, 0) is 14.1 Å². The first-order valence-electron chi connectivity index (χ1n) is 11.0. The average molecular weight is 454 g/mol. The molecule has 172 valence electrons. The van der Waals surface area contributed by atoms with Crippen LogP contribution in [0.15, 0.2) is 71.6 Å². The van der Waals surface area contributed by atoms with Crippen molar-refractivity contribution in [3.63, 3.8) is 0 Å². The Morgan fingerprint density at radius 3 is 2.22 bits per heavy atom. The van der Waals surface area contributed by atoms with Crippen molar-refractivity contribution in [1.29, 1.82) is 0 Å². The monoisotopic (exact) mass is 453 g/mol. The molecule has 0 aliphatic rings. The Kier molecular flexibility index (Phi) is 9.26. The Labute approximate surface area is 192 Å². The molecule has 0 heterocycles. The predicted octanol–water partition coefficient (Wildman–Crippen LogP) is 6.86. The van der Waals surface area contributed by atoms with Gasteiger partial charge in [0.1, 0.15) is 6.61 Å². The van der Waals surface area contributed by atoms with E-state index < -0.39 is 14.3 Å². The molecule has 0 aromatic heterocycles. The molecule has 32 heavy (non-hydrogen) atoms. The van der Waals surface area contributed by atoms with E-state index >= 15 is 0 Å². The number of allylic oxidation sites excluding steroid dienone is 1. The van der Waals surface area contributed by atoms with E-state index in [9.17, 15) is 9.90 Å². The van der Waals surface area contributed by atoms with Crippen LogP contribution in [0.1, 0.15) is 45.6 Å². The van der Waals surface area contributed by atoms with Gasteiger partial charge in [0, 0.05) is 0 Å². The molecule has 2 aromatic carbocycles. The SMILES string of the molecule is CC(C)(C)[Si](C)(C)OC(=CCCCCON=Cc1ccc(-c2ccccc2)cc1)C(=O)O. The van der Waals surface area contributed by atoms with Gasteiger partial charge in [-0.2, -0.15) is 0 Å². The van der Waals surface area contributed by atoms with Crippen molar-refractivity contribution >= 4 is 20.5 Å². The van der Waals surface area contributed by atoms with Gasteiger partial charge in [0.25, 0.3) is 8.32 Å². The second kappa shape index (κ2) is 11.7. The van der Waals surface area contributed by atoms with E-state index in [1.807, 2.05) is 43.4 Å². The fourth-order valence-electron chi connectivity index (χ4n) is 2.69. The van der Waals surface area contributed by atoms with Crippen LogP contribution in [0.5, 0.6) is 0 Å². The minimum absolute atomic E-state index is 0.0464. The molecule has 0 radical (unpaired) electrons. The van der Waals surface area contributed by atoms with Gasteiger partial charge >= 0.3 is 5.97 Å². The van der Waals surface area contributed by atoms with Gasteiger partial charge in [-0.05, 0) is 60.2 Å². The normalized spacial score (nSPS) is 12.7. The maximum absolute atomic E-state index is 11.5.